The highest BCUT2D eigenvalue weighted by atomic mass is 16.1. The Morgan fingerprint density at radius 1 is 1.50 bits per heavy atom. The SMILES string of the molecule is CCC(=O)CN1CCCCC1C. The first kappa shape index (κ1) is 9.72. The van der Waals surface area contributed by atoms with Crippen LogP contribution in [0.1, 0.15) is 39.5 Å². The lowest BCUT2D eigenvalue weighted by Gasteiger charge is -2.32. The van der Waals surface area contributed by atoms with Crippen LogP contribution >= 0.6 is 0 Å². The van der Waals surface area contributed by atoms with Crippen molar-refractivity contribution in [1.82, 2.24) is 4.90 Å². The smallest absolute Gasteiger partial charge is 0.146 e. The molecule has 0 aromatic heterocycles. The van der Waals surface area contributed by atoms with Gasteiger partial charge in [0.2, 0.25) is 0 Å². The number of piperidine rings is 1. The number of nitrogens with zero attached hydrogens (tertiary/aromatic N) is 1. The number of rotatable bonds is 3. The van der Waals surface area contributed by atoms with Gasteiger partial charge in [0.15, 0.2) is 0 Å². The van der Waals surface area contributed by atoms with Crippen molar-refractivity contribution in [3.8, 4) is 0 Å². The number of carbonyl (C=O) groups excluding carboxylic acids is 1. The molecule has 1 unspecified atom stereocenters. The van der Waals surface area contributed by atoms with E-state index in [2.05, 4.69) is 11.8 Å². The molecule has 1 saturated heterocycles. The van der Waals surface area contributed by atoms with Crippen LogP contribution in [0.25, 0.3) is 0 Å². The van der Waals surface area contributed by atoms with Gasteiger partial charge in [-0.15, -0.1) is 0 Å². The second-order valence-electron chi connectivity index (χ2n) is 3.71. The van der Waals surface area contributed by atoms with E-state index in [1.54, 1.807) is 0 Å². The average molecular weight is 169 g/mol. The zero-order valence-corrected chi connectivity index (χ0v) is 8.18. The molecule has 0 aliphatic carbocycles. The number of likely N-dealkylation sites (tertiary alicyclic amines) is 1. The number of Topliss-reactive ketones (excluding diaryl/α,β-unsaturated/α-hetero) is 1. The second kappa shape index (κ2) is 4.61. The van der Waals surface area contributed by atoms with Gasteiger partial charge in [-0.05, 0) is 26.3 Å². The zero-order valence-electron chi connectivity index (χ0n) is 8.18. The molecule has 1 fully saturated rings. The summed E-state index contributed by atoms with van der Waals surface area (Å²) in [5.74, 6) is 0.378. The molecule has 0 aromatic carbocycles. The topological polar surface area (TPSA) is 20.3 Å². The Kier molecular flexibility index (Phi) is 3.73. The predicted molar refractivity (Wildman–Crippen MR) is 50.2 cm³/mol. The quantitative estimate of drug-likeness (QED) is 0.642. The molecule has 1 atom stereocenters. The minimum atomic E-state index is 0.378. The van der Waals surface area contributed by atoms with Gasteiger partial charge in [0.25, 0.3) is 0 Å². The van der Waals surface area contributed by atoms with E-state index in [0.29, 0.717) is 24.8 Å². The largest absolute Gasteiger partial charge is 0.298 e. The zero-order chi connectivity index (χ0) is 8.97. The van der Waals surface area contributed by atoms with Crippen molar-refractivity contribution in [2.24, 2.45) is 0 Å². The summed E-state index contributed by atoms with van der Waals surface area (Å²) in [5.41, 5.74) is 0. The fourth-order valence-electron chi connectivity index (χ4n) is 1.73. The van der Waals surface area contributed by atoms with Crippen LogP contribution in [0.2, 0.25) is 0 Å². The Labute approximate surface area is 74.9 Å². The van der Waals surface area contributed by atoms with E-state index in [9.17, 15) is 4.79 Å². The van der Waals surface area contributed by atoms with E-state index in [0.717, 1.165) is 6.54 Å². The van der Waals surface area contributed by atoms with E-state index >= 15 is 0 Å². The van der Waals surface area contributed by atoms with Crippen molar-refractivity contribution < 1.29 is 4.79 Å². The standard InChI is InChI=1S/C10H19NO/c1-3-10(12)8-11-7-5-4-6-9(11)2/h9H,3-8H2,1-2H3. The molecule has 0 N–H and O–H groups in total. The first-order valence-electron chi connectivity index (χ1n) is 4.99. The fraction of sp³-hybridized carbons (Fsp3) is 0.900. The Balaban J connectivity index is 2.33. The van der Waals surface area contributed by atoms with Crippen LogP contribution in [-0.4, -0.2) is 29.8 Å². The molecular weight excluding hydrogens is 150 g/mol. The van der Waals surface area contributed by atoms with Crippen molar-refractivity contribution in [2.45, 2.75) is 45.6 Å². The van der Waals surface area contributed by atoms with Crippen molar-refractivity contribution in [3.05, 3.63) is 0 Å². The molecule has 1 heterocycles. The average Bonchev–Trinajstić information content (AvgIpc) is 2.09. The Morgan fingerprint density at radius 2 is 2.25 bits per heavy atom. The van der Waals surface area contributed by atoms with Crippen LogP contribution < -0.4 is 0 Å². The van der Waals surface area contributed by atoms with Gasteiger partial charge in [-0.1, -0.05) is 13.3 Å². The van der Waals surface area contributed by atoms with Crippen molar-refractivity contribution >= 4 is 5.78 Å². The van der Waals surface area contributed by atoms with Gasteiger partial charge >= 0.3 is 0 Å². The summed E-state index contributed by atoms with van der Waals surface area (Å²) in [5, 5.41) is 0. The first-order valence-corrected chi connectivity index (χ1v) is 4.99. The normalized spacial score (nSPS) is 25.7. The molecule has 0 bridgehead atoms. The van der Waals surface area contributed by atoms with Crippen LogP contribution in [0.15, 0.2) is 0 Å². The monoisotopic (exact) mass is 169 g/mol. The van der Waals surface area contributed by atoms with Gasteiger partial charge in [0.05, 0.1) is 6.54 Å². The fourth-order valence-corrected chi connectivity index (χ4v) is 1.73. The summed E-state index contributed by atoms with van der Waals surface area (Å²) in [6.07, 6.45) is 4.54. The molecule has 1 aliphatic heterocycles. The van der Waals surface area contributed by atoms with Gasteiger partial charge in [-0.25, -0.2) is 0 Å². The molecule has 1 rings (SSSR count). The van der Waals surface area contributed by atoms with Crippen molar-refractivity contribution in [1.29, 1.82) is 0 Å². The summed E-state index contributed by atoms with van der Waals surface area (Å²) in [6.45, 7) is 5.96. The Hall–Kier alpha value is -0.370. The number of hydrogen-bond acceptors (Lipinski definition) is 2. The van der Waals surface area contributed by atoms with Crippen LogP contribution in [0.5, 0.6) is 0 Å². The van der Waals surface area contributed by atoms with Gasteiger partial charge in [-0.2, -0.15) is 0 Å². The van der Waals surface area contributed by atoms with Crippen LogP contribution in [0.3, 0.4) is 0 Å². The van der Waals surface area contributed by atoms with E-state index in [-0.39, 0.29) is 0 Å². The molecule has 2 heteroatoms. The number of carbonyl (C=O) groups is 1. The van der Waals surface area contributed by atoms with Gasteiger partial charge in [0, 0.05) is 12.5 Å². The van der Waals surface area contributed by atoms with Crippen LogP contribution in [0.4, 0.5) is 0 Å². The van der Waals surface area contributed by atoms with E-state index in [1.807, 2.05) is 6.92 Å². The maximum Gasteiger partial charge on any atom is 0.146 e. The highest BCUT2D eigenvalue weighted by Crippen LogP contribution is 2.15. The van der Waals surface area contributed by atoms with Gasteiger partial charge < -0.3 is 0 Å². The summed E-state index contributed by atoms with van der Waals surface area (Å²) in [4.78, 5) is 13.5. The molecule has 70 valence electrons. The third-order valence-corrected chi connectivity index (χ3v) is 2.71. The summed E-state index contributed by atoms with van der Waals surface area (Å²) >= 11 is 0. The maximum absolute atomic E-state index is 11.2. The number of hydrogen-bond donors (Lipinski definition) is 0. The van der Waals surface area contributed by atoms with E-state index < -0.39 is 0 Å². The second-order valence-corrected chi connectivity index (χ2v) is 3.71. The highest BCUT2D eigenvalue weighted by molar-refractivity contribution is 5.80. The van der Waals surface area contributed by atoms with Gasteiger partial charge in [-0.3, -0.25) is 9.69 Å². The lowest BCUT2D eigenvalue weighted by atomic mass is 10.0. The minimum absolute atomic E-state index is 0.378. The van der Waals surface area contributed by atoms with Gasteiger partial charge in [0.1, 0.15) is 5.78 Å². The molecule has 2 nitrogen and oxygen atoms in total. The first-order chi connectivity index (χ1) is 5.74. The molecule has 1 aliphatic rings. The lowest BCUT2D eigenvalue weighted by Crippen LogP contribution is -2.40. The maximum atomic E-state index is 11.2. The molecular formula is C10H19NO. The molecule has 0 spiro atoms. The van der Waals surface area contributed by atoms with Crippen molar-refractivity contribution in [2.75, 3.05) is 13.1 Å². The third-order valence-electron chi connectivity index (χ3n) is 2.71. The van der Waals surface area contributed by atoms with E-state index in [1.165, 1.54) is 19.3 Å². The molecule has 0 amide bonds. The molecule has 0 aromatic rings. The number of ketones is 1. The highest BCUT2D eigenvalue weighted by Gasteiger charge is 2.19. The van der Waals surface area contributed by atoms with E-state index in [4.69, 9.17) is 0 Å². The lowest BCUT2D eigenvalue weighted by molar-refractivity contribution is -0.120. The third kappa shape index (κ3) is 2.59. The van der Waals surface area contributed by atoms with Crippen LogP contribution in [0, 0.1) is 0 Å². The summed E-state index contributed by atoms with van der Waals surface area (Å²) in [7, 11) is 0. The Bertz CT molecular complexity index is 156. The predicted octanol–water partition coefficient (Wildman–Crippen LogP) is 1.84. The van der Waals surface area contributed by atoms with Crippen LogP contribution in [-0.2, 0) is 4.79 Å². The van der Waals surface area contributed by atoms with Crippen molar-refractivity contribution in [3.63, 3.8) is 0 Å². The summed E-state index contributed by atoms with van der Waals surface area (Å²) < 4.78 is 0. The minimum Gasteiger partial charge on any atom is -0.298 e. The molecule has 0 radical (unpaired) electrons. The molecule has 12 heavy (non-hydrogen) atoms. The summed E-state index contributed by atoms with van der Waals surface area (Å²) in [6, 6.07) is 0.620. The molecule has 0 saturated carbocycles. The Morgan fingerprint density at radius 3 is 2.83 bits per heavy atom.